The van der Waals surface area contributed by atoms with Gasteiger partial charge >= 0.3 is 0 Å². The van der Waals surface area contributed by atoms with E-state index in [-0.39, 0.29) is 5.54 Å². The molecule has 1 rings (SSSR count). The van der Waals surface area contributed by atoms with Crippen molar-refractivity contribution in [2.24, 2.45) is 5.41 Å². The maximum absolute atomic E-state index is 9.28. The molecule has 0 radical (unpaired) electrons. The Balaban J connectivity index is 2.55. The zero-order valence-electron chi connectivity index (χ0n) is 12.0. The number of hydrogen-bond donors (Lipinski definition) is 1. The fourth-order valence-electron chi connectivity index (χ4n) is 2.80. The molecule has 1 N–H and O–H groups in total. The highest BCUT2D eigenvalue weighted by Gasteiger charge is 2.34. The number of nitrogens with one attached hydrogen (secondary N) is 1. The van der Waals surface area contributed by atoms with Gasteiger partial charge < -0.3 is 4.90 Å². The summed E-state index contributed by atoms with van der Waals surface area (Å²) in [6.07, 6.45) is 2.16. The monoisotopic (exact) mass is 237 g/mol. The highest BCUT2D eigenvalue weighted by atomic mass is 15.2. The molecule has 0 bridgehead atoms. The molecule has 3 nitrogen and oxygen atoms in total. The summed E-state index contributed by atoms with van der Waals surface area (Å²) < 4.78 is 0. The lowest BCUT2D eigenvalue weighted by Crippen LogP contribution is -2.46. The van der Waals surface area contributed by atoms with Crippen molar-refractivity contribution in [3.05, 3.63) is 0 Å². The number of likely N-dealkylation sites (tertiary alicyclic amines) is 1. The molecule has 1 heterocycles. The Hall–Kier alpha value is -0.590. The quantitative estimate of drug-likeness (QED) is 0.798. The van der Waals surface area contributed by atoms with Crippen LogP contribution in [0.15, 0.2) is 0 Å². The number of hydrogen-bond acceptors (Lipinski definition) is 3. The van der Waals surface area contributed by atoms with Gasteiger partial charge in [-0.3, -0.25) is 5.32 Å². The van der Waals surface area contributed by atoms with Crippen molar-refractivity contribution < 1.29 is 0 Å². The molecule has 0 aromatic carbocycles. The van der Waals surface area contributed by atoms with Gasteiger partial charge in [0.1, 0.15) is 5.54 Å². The van der Waals surface area contributed by atoms with Crippen molar-refractivity contribution in [1.29, 1.82) is 5.26 Å². The minimum atomic E-state index is -0.388. The lowest BCUT2D eigenvalue weighted by Gasteiger charge is -2.32. The highest BCUT2D eigenvalue weighted by Crippen LogP contribution is 2.31. The van der Waals surface area contributed by atoms with Crippen LogP contribution >= 0.6 is 0 Å². The standard InChI is InChI=1S/C14H27N3/c1-6-16-14(5,10-15)9-12(2)17-8-7-13(3,4)11-17/h12,16H,6-9,11H2,1-5H3. The van der Waals surface area contributed by atoms with E-state index in [1.54, 1.807) is 0 Å². The van der Waals surface area contributed by atoms with Crippen LogP contribution in [0, 0.1) is 16.7 Å². The first kappa shape index (κ1) is 14.5. The van der Waals surface area contributed by atoms with Crippen molar-refractivity contribution in [1.82, 2.24) is 10.2 Å². The maximum atomic E-state index is 9.28. The van der Waals surface area contributed by atoms with Crippen molar-refractivity contribution >= 4 is 0 Å². The summed E-state index contributed by atoms with van der Waals surface area (Å²) in [5.41, 5.74) is 0.0520. The molecule has 1 saturated heterocycles. The van der Waals surface area contributed by atoms with Crippen LogP contribution in [0.5, 0.6) is 0 Å². The van der Waals surface area contributed by atoms with Gasteiger partial charge in [0.15, 0.2) is 0 Å². The van der Waals surface area contributed by atoms with Gasteiger partial charge in [0, 0.05) is 12.6 Å². The molecule has 98 valence electrons. The molecule has 1 aliphatic heterocycles. The maximum Gasteiger partial charge on any atom is 0.105 e. The van der Waals surface area contributed by atoms with Gasteiger partial charge in [-0.05, 0) is 45.2 Å². The van der Waals surface area contributed by atoms with Crippen molar-refractivity contribution in [3.63, 3.8) is 0 Å². The average Bonchev–Trinajstić information content (AvgIpc) is 2.59. The predicted octanol–water partition coefficient (Wildman–Crippen LogP) is 2.39. The topological polar surface area (TPSA) is 39.1 Å². The normalized spacial score (nSPS) is 25.2. The van der Waals surface area contributed by atoms with Gasteiger partial charge in [-0.2, -0.15) is 5.26 Å². The van der Waals surface area contributed by atoms with Crippen molar-refractivity contribution in [2.45, 2.75) is 59.0 Å². The summed E-state index contributed by atoms with van der Waals surface area (Å²) in [6, 6.07) is 2.89. The van der Waals surface area contributed by atoms with E-state index in [0.717, 1.165) is 19.5 Å². The molecule has 1 fully saturated rings. The van der Waals surface area contributed by atoms with Gasteiger partial charge in [-0.1, -0.05) is 20.8 Å². The zero-order valence-corrected chi connectivity index (χ0v) is 12.0. The summed E-state index contributed by atoms with van der Waals surface area (Å²) in [4.78, 5) is 2.52. The Kier molecular flexibility index (Phi) is 4.57. The average molecular weight is 237 g/mol. The fourth-order valence-corrected chi connectivity index (χ4v) is 2.80. The Labute approximate surface area is 106 Å². The van der Waals surface area contributed by atoms with E-state index in [1.807, 2.05) is 6.92 Å². The summed E-state index contributed by atoms with van der Waals surface area (Å²) in [5, 5.41) is 12.6. The fraction of sp³-hybridized carbons (Fsp3) is 0.929. The van der Waals surface area contributed by atoms with Crippen LogP contribution in [0.2, 0.25) is 0 Å². The van der Waals surface area contributed by atoms with E-state index in [1.165, 1.54) is 13.0 Å². The molecule has 0 spiro atoms. The van der Waals surface area contributed by atoms with Gasteiger partial charge in [0.2, 0.25) is 0 Å². The molecule has 0 aliphatic carbocycles. The first-order valence-electron chi connectivity index (χ1n) is 6.72. The summed E-state index contributed by atoms with van der Waals surface area (Å²) in [7, 11) is 0. The lowest BCUT2D eigenvalue weighted by atomic mass is 9.92. The smallest absolute Gasteiger partial charge is 0.105 e. The SMILES string of the molecule is CCNC(C)(C#N)CC(C)N1CCC(C)(C)C1. The van der Waals surface area contributed by atoms with E-state index >= 15 is 0 Å². The minimum absolute atomic E-state index is 0.388. The molecule has 17 heavy (non-hydrogen) atoms. The summed E-state index contributed by atoms with van der Waals surface area (Å²) >= 11 is 0. The highest BCUT2D eigenvalue weighted by molar-refractivity contribution is 5.05. The van der Waals surface area contributed by atoms with Gasteiger partial charge in [0.25, 0.3) is 0 Å². The summed E-state index contributed by atoms with van der Waals surface area (Å²) in [5.74, 6) is 0. The van der Waals surface area contributed by atoms with Crippen LogP contribution in [0.3, 0.4) is 0 Å². The molecule has 2 atom stereocenters. The van der Waals surface area contributed by atoms with E-state index in [0.29, 0.717) is 11.5 Å². The molecule has 3 heteroatoms. The third-order valence-corrected chi connectivity index (χ3v) is 3.85. The van der Waals surface area contributed by atoms with Gasteiger partial charge in [-0.15, -0.1) is 0 Å². The number of nitrogens with zero attached hydrogens (tertiary/aromatic N) is 2. The van der Waals surface area contributed by atoms with Crippen molar-refractivity contribution in [2.75, 3.05) is 19.6 Å². The molecule has 0 aromatic rings. The number of nitriles is 1. The zero-order chi connectivity index (χ0) is 13.1. The first-order valence-corrected chi connectivity index (χ1v) is 6.72. The van der Waals surface area contributed by atoms with Gasteiger partial charge in [0.05, 0.1) is 6.07 Å². The van der Waals surface area contributed by atoms with Crippen LogP contribution in [0.25, 0.3) is 0 Å². The van der Waals surface area contributed by atoms with Crippen LogP contribution in [-0.4, -0.2) is 36.1 Å². The Bertz CT molecular complexity index is 292. The molecular weight excluding hydrogens is 210 g/mol. The molecule has 1 aliphatic rings. The molecular formula is C14H27N3. The van der Waals surface area contributed by atoms with Crippen LogP contribution in [-0.2, 0) is 0 Å². The second-order valence-corrected chi connectivity index (χ2v) is 6.41. The van der Waals surface area contributed by atoms with Crippen molar-refractivity contribution in [3.8, 4) is 6.07 Å². The minimum Gasteiger partial charge on any atom is -0.300 e. The second kappa shape index (κ2) is 5.37. The third-order valence-electron chi connectivity index (χ3n) is 3.85. The van der Waals surface area contributed by atoms with E-state index in [2.05, 4.69) is 44.0 Å². The molecule has 0 amide bonds. The molecule has 0 aromatic heterocycles. The van der Waals surface area contributed by atoms with Gasteiger partial charge in [-0.25, -0.2) is 0 Å². The Morgan fingerprint density at radius 3 is 2.59 bits per heavy atom. The number of rotatable bonds is 5. The van der Waals surface area contributed by atoms with Crippen LogP contribution in [0.1, 0.15) is 47.5 Å². The Morgan fingerprint density at radius 2 is 2.18 bits per heavy atom. The molecule has 2 unspecified atom stereocenters. The van der Waals surface area contributed by atoms with Crippen LogP contribution < -0.4 is 5.32 Å². The van der Waals surface area contributed by atoms with Crippen LogP contribution in [0.4, 0.5) is 0 Å². The predicted molar refractivity (Wildman–Crippen MR) is 71.7 cm³/mol. The third kappa shape index (κ3) is 3.97. The summed E-state index contributed by atoms with van der Waals surface area (Å²) in [6.45, 7) is 14.1. The lowest BCUT2D eigenvalue weighted by molar-refractivity contribution is 0.195. The Morgan fingerprint density at radius 1 is 1.53 bits per heavy atom. The largest absolute Gasteiger partial charge is 0.300 e. The van der Waals surface area contributed by atoms with E-state index in [4.69, 9.17) is 0 Å². The second-order valence-electron chi connectivity index (χ2n) is 6.41. The molecule has 0 saturated carbocycles. The van der Waals surface area contributed by atoms with E-state index < -0.39 is 0 Å². The van der Waals surface area contributed by atoms with E-state index in [9.17, 15) is 5.26 Å². The first-order chi connectivity index (χ1) is 7.82.